The average molecular weight is 270 g/mol. The molecule has 3 heteroatoms. The van der Waals surface area contributed by atoms with Gasteiger partial charge in [-0.15, -0.1) is 0 Å². The molecule has 0 aliphatic heterocycles. The van der Waals surface area contributed by atoms with Gasteiger partial charge in [0.2, 0.25) is 0 Å². The smallest absolute Gasteiger partial charge is 0.0683 e. The van der Waals surface area contributed by atoms with E-state index in [9.17, 15) is 0 Å². The molecular formula is C15H30N2S. The number of nitrogens with zero attached hydrogens (tertiary/aromatic N) is 1. The molecule has 0 rings (SSSR count). The topological polar surface area (TPSA) is 35.8 Å². The zero-order chi connectivity index (χ0) is 13.7. The highest BCUT2D eigenvalue weighted by Crippen LogP contribution is 2.21. The Kier molecular flexibility index (Phi) is 11.7. The van der Waals surface area contributed by atoms with Gasteiger partial charge in [-0.3, -0.25) is 0 Å². The Labute approximate surface area is 118 Å². The van der Waals surface area contributed by atoms with E-state index in [2.05, 4.69) is 17.6 Å². The van der Waals surface area contributed by atoms with Crippen LogP contribution in [0.25, 0.3) is 0 Å². The molecule has 0 saturated heterocycles. The third kappa shape index (κ3) is 12.3. The van der Waals surface area contributed by atoms with Crippen molar-refractivity contribution in [3.8, 4) is 6.07 Å². The van der Waals surface area contributed by atoms with Crippen LogP contribution >= 0.6 is 11.8 Å². The third-order valence-corrected chi connectivity index (χ3v) is 3.86. The normalized spacial score (nSPS) is 11.4. The second kappa shape index (κ2) is 11.9. The van der Waals surface area contributed by atoms with Crippen molar-refractivity contribution in [3.63, 3.8) is 0 Å². The minimum absolute atomic E-state index is 0.142. The molecule has 18 heavy (non-hydrogen) atoms. The molecule has 0 unspecified atom stereocenters. The Balaban J connectivity index is 3.11. The molecule has 0 aromatic carbocycles. The zero-order valence-corrected chi connectivity index (χ0v) is 13.2. The summed E-state index contributed by atoms with van der Waals surface area (Å²) in [6, 6.07) is 2.35. The lowest BCUT2D eigenvalue weighted by Gasteiger charge is -2.14. The summed E-state index contributed by atoms with van der Waals surface area (Å²) in [5, 5.41) is 12.4. The number of hydrogen-bond donors (Lipinski definition) is 1. The third-order valence-electron chi connectivity index (χ3n) is 3.16. The van der Waals surface area contributed by atoms with Crippen LogP contribution < -0.4 is 5.32 Å². The maximum absolute atomic E-state index is 8.89. The molecular weight excluding hydrogens is 240 g/mol. The van der Waals surface area contributed by atoms with Gasteiger partial charge in [-0.2, -0.15) is 17.0 Å². The fourth-order valence-corrected chi connectivity index (χ4v) is 2.34. The highest BCUT2D eigenvalue weighted by molar-refractivity contribution is 7.98. The van der Waals surface area contributed by atoms with Gasteiger partial charge >= 0.3 is 0 Å². The van der Waals surface area contributed by atoms with Gasteiger partial charge in [0.25, 0.3) is 0 Å². The van der Waals surface area contributed by atoms with Crippen LogP contribution in [0.4, 0.5) is 0 Å². The molecule has 0 aromatic heterocycles. The molecule has 0 aliphatic rings. The lowest BCUT2D eigenvalue weighted by Crippen LogP contribution is -2.17. The van der Waals surface area contributed by atoms with Gasteiger partial charge in [-0.05, 0) is 64.6 Å². The van der Waals surface area contributed by atoms with Crippen molar-refractivity contribution in [2.45, 2.75) is 58.8 Å². The molecule has 1 N–H and O–H groups in total. The van der Waals surface area contributed by atoms with Crippen LogP contribution in [0.1, 0.15) is 58.8 Å². The molecule has 0 saturated carbocycles. The van der Waals surface area contributed by atoms with Crippen LogP contribution in [0.15, 0.2) is 0 Å². The van der Waals surface area contributed by atoms with Crippen LogP contribution in [-0.2, 0) is 0 Å². The first-order chi connectivity index (χ1) is 8.62. The fourth-order valence-electron chi connectivity index (χ4n) is 1.85. The fraction of sp³-hybridized carbons (Fsp3) is 0.933. The van der Waals surface area contributed by atoms with Gasteiger partial charge in [0.15, 0.2) is 0 Å². The van der Waals surface area contributed by atoms with Crippen LogP contribution in [0.2, 0.25) is 0 Å². The Morgan fingerprint density at radius 1 is 1.00 bits per heavy atom. The zero-order valence-electron chi connectivity index (χ0n) is 12.4. The molecule has 0 atom stereocenters. The molecule has 2 nitrogen and oxygen atoms in total. The largest absolute Gasteiger partial charge is 0.317 e. The van der Waals surface area contributed by atoms with Crippen molar-refractivity contribution in [2.75, 3.05) is 25.1 Å². The predicted octanol–water partition coefficient (Wildman–Crippen LogP) is 4.22. The summed E-state index contributed by atoms with van der Waals surface area (Å²) < 4.78 is 0. The minimum Gasteiger partial charge on any atom is -0.317 e. The highest BCUT2D eigenvalue weighted by atomic mass is 32.2. The van der Waals surface area contributed by atoms with Crippen molar-refractivity contribution in [2.24, 2.45) is 5.41 Å². The van der Waals surface area contributed by atoms with Gasteiger partial charge in [0.05, 0.1) is 11.5 Å². The van der Waals surface area contributed by atoms with E-state index >= 15 is 0 Å². The van der Waals surface area contributed by atoms with Crippen LogP contribution in [0.5, 0.6) is 0 Å². The van der Waals surface area contributed by atoms with Gasteiger partial charge in [-0.1, -0.05) is 19.3 Å². The SMILES string of the molecule is CSCCCCCCNCCCCC(C)(C)C#N. The number of nitriles is 1. The lowest BCUT2D eigenvalue weighted by atomic mass is 9.89. The maximum Gasteiger partial charge on any atom is 0.0683 e. The summed E-state index contributed by atoms with van der Waals surface area (Å²) in [4.78, 5) is 0. The van der Waals surface area contributed by atoms with E-state index in [1.165, 1.54) is 37.9 Å². The standard InChI is InChI=1S/C15H30N2S/c1-15(2,14-16)10-6-8-12-17-11-7-4-5-9-13-18-3/h17H,4-13H2,1-3H3. The number of nitrogens with one attached hydrogen (secondary N) is 1. The second-order valence-electron chi connectivity index (χ2n) is 5.61. The summed E-state index contributed by atoms with van der Waals surface area (Å²) in [7, 11) is 0. The number of rotatable bonds is 12. The Morgan fingerprint density at radius 2 is 1.61 bits per heavy atom. The molecule has 0 fully saturated rings. The Hall–Kier alpha value is -0.200. The molecule has 0 aliphatic carbocycles. The van der Waals surface area contributed by atoms with Crippen molar-refractivity contribution >= 4 is 11.8 Å². The van der Waals surface area contributed by atoms with Crippen molar-refractivity contribution in [1.29, 1.82) is 5.26 Å². The summed E-state index contributed by atoms with van der Waals surface area (Å²) in [5.74, 6) is 1.31. The van der Waals surface area contributed by atoms with Gasteiger partial charge in [0.1, 0.15) is 0 Å². The molecule has 0 bridgehead atoms. The van der Waals surface area contributed by atoms with Crippen molar-refractivity contribution < 1.29 is 0 Å². The molecule has 0 radical (unpaired) electrons. The average Bonchev–Trinajstić information content (AvgIpc) is 2.36. The van der Waals surface area contributed by atoms with E-state index in [1.807, 2.05) is 25.6 Å². The first kappa shape index (κ1) is 17.8. The van der Waals surface area contributed by atoms with Gasteiger partial charge in [0, 0.05) is 0 Å². The van der Waals surface area contributed by atoms with E-state index in [0.717, 1.165) is 25.9 Å². The molecule has 0 amide bonds. The second-order valence-corrected chi connectivity index (χ2v) is 6.60. The van der Waals surface area contributed by atoms with Crippen LogP contribution in [0, 0.1) is 16.7 Å². The van der Waals surface area contributed by atoms with Crippen LogP contribution in [0.3, 0.4) is 0 Å². The van der Waals surface area contributed by atoms with Crippen LogP contribution in [-0.4, -0.2) is 25.1 Å². The lowest BCUT2D eigenvalue weighted by molar-refractivity contribution is 0.422. The van der Waals surface area contributed by atoms with Crippen molar-refractivity contribution in [1.82, 2.24) is 5.32 Å². The van der Waals surface area contributed by atoms with Crippen molar-refractivity contribution in [3.05, 3.63) is 0 Å². The quantitative estimate of drug-likeness (QED) is 0.539. The van der Waals surface area contributed by atoms with E-state index in [4.69, 9.17) is 5.26 Å². The van der Waals surface area contributed by atoms with E-state index in [0.29, 0.717) is 0 Å². The maximum atomic E-state index is 8.89. The molecule has 106 valence electrons. The number of hydrogen-bond acceptors (Lipinski definition) is 3. The van der Waals surface area contributed by atoms with E-state index in [-0.39, 0.29) is 5.41 Å². The predicted molar refractivity (Wildman–Crippen MR) is 83.0 cm³/mol. The molecule has 0 heterocycles. The first-order valence-corrected chi connectivity index (χ1v) is 8.63. The summed E-state index contributed by atoms with van der Waals surface area (Å²) in [6.07, 6.45) is 10.9. The number of unbranched alkanes of at least 4 members (excludes halogenated alkanes) is 4. The van der Waals surface area contributed by atoms with E-state index in [1.54, 1.807) is 0 Å². The Morgan fingerprint density at radius 3 is 2.22 bits per heavy atom. The van der Waals surface area contributed by atoms with Gasteiger partial charge in [-0.25, -0.2) is 0 Å². The number of thioether (sulfide) groups is 1. The summed E-state index contributed by atoms with van der Waals surface area (Å²) >= 11 is 1.94. The summed E-state index contributed by atoms with van der Waals surface area (Å²) in [6.45, 7) is 6.30. The monoisotopic (exact) mass is 270 g/mol. The molecule has 0 aromatic rings. The van der Waals surface area contributed by atoms with E-state index < -0.39 is 0 Å². The first-order valence-electron chi connectivity index (χ1n) is 7.23. The molecule has 0 spiro atoms. The summed E-state index contributed by atoms with van der Waals surface area (Å²) in [5.41, 5.74) is -0.142. The highest BCUT2D eigenvalue weighted by Gasteiger charge is 2.14. The minimum atomic E-state index is -0.142. The van der Waals surface area contributed by atoms with Gasteiger partial charge < -0.3 is 5.32 Å². The Bertz CT molecular complexity index is 221.